The van der Waals surface area contributed by atoms with Gasteiger partial charge in [0.25, 0.3) is 5.91 Å². The molecule has 21 heavy (non-hydrogen) atoms. The molecule has 2 heterocycles. The standard InChI is InChI=1S/C14H23N5OS/c1-14(2,3)12-18-19(13(15-4)21-12)11(20)9-17-10-5-7-16-8-6-10/h9-10,16H,5-8H2,1-4H3. The van der Waals surface area contributed by atoms with Crippen LogP contribution in [-0.4, -0.2) is 48.1 Å². The number of hydrogen-bond donors (Lipinski definition) is 1. The number of aliphatic imine (C=N–C) groups is 1. The monoisotopic (exact) mass is 309 g/mol. The van der Waals surface area contributed by atoms with Crippen molar-refractivity contribution in [1.29, 1.82) is 0 Å². The molecule has 0 bridgehead atoms. The van der Waals surface area contributed by atoms with E-state index in [9.17, 15) is 4.79 Å². The van der Waals surface area contributed by atoms with E-state index in [1.807, 2.05) is 0 Å². The molecule has 1 aliphatic heterocycles. The number of nitrogens with one attached hydrogen (secondary N) is 1. The molecule has 1 aromatic heterocycles. The Bertz CT molecular complexity index is 587. The molecule has 0 amide bonds. The van der Waals surface area contributed by atoms with Crippen LogP contribution in [0.1, 0.15) is 43.4 Å². The highest BCUT2D eigenvalue weighted by Gasteiger charge is 2.21. The van der Waals surface area contributed by atoms with Gasteiger partial charge in [-0.1, -0.05) is 32.1 Å². The zero-order chi connectivity index (χ0) is 15.5. The van der Waals surface area contributed by atoms with Crippen molar-refractivity contribution in [3.05, 3.63) is 9.81 Å². The number of rotatable bonds is 2. The highest BCUT2D eigenvalue weighted by Crippen LogP contribution is 2.21. The van der Waals surface area contributed by atoms with Crippen LogP contribution in [0, 0.1) is 0 Å². The summed E-state index contributed by atoms with van der Waals surface area (Å²) in [5.74, 6) is -0.221. The van der Waals surface area contributed by atoms with Crippen LogP contribution in [0.3, 0.4) is 0 Å². The molecule has 1 saturated heterocycles. The van der Waals surface area contributed by atoms with E-state index in [0.29, 0.717) is 4.80 Å². The molecule has 1 fully saturated rings. The van der Waals surface area contributed by atoms with Crippen LogP contribution in [0.15, 0.2) is 9.98 Å². The summed E-state index contributed by atoms with van der Waals surface area (Å²) >= 11 is 1.45. The maximum atomic E-state index is 12.3. The fourth-order valence-corrected chi connectivity index (χ4v) is 2.96. The molecular weight excluding hydrogens is 286 g/mol. The van der Waals surface area contributed by atoms with E-state index in [0.717, 1.165) is 30.9 Å². The van der Waals surface area contributed by atoms with Crippen molar-refractivity contribution in [3.63, 3.8) is 0 Å². The first-order valence-corrected chi connectivity index (χ1v) is 8.05. The van der Waals surface area contributed by atoms with E-state index < -0.39 is 0 Å². The maximum Gasteiger partial charge on any atom is 0.291 e. The summed E-state index contributed by atoms with van der Waals surface area (Å²) in [6.45, 7) is 8.14. The van der Waals surface area contributed by atoms with Crippen LogP contribution in [0.2, 0.25) is 0 Å². The van der Waals surface area contributed by atoms with Gasteiger partial charge in [0.05, 0.1) is 12.3 Å². The molecule has 0 aliphatic carbocycles. The van der Waals surface area contributed by atoms with Crippen molar-refractivity contribution in [3.8, 4) is 0 Å². The topological polar surface area (TPSA) is 71.6 Å². The Balaban J connectivity index is 2.19. The lowest BCUT2D eigenvalue weighted by atomic mass is 9.98. The van der Waals surface area contributed by atoms with E-state index in [2.05, 4.69) is 41.2 Å². The van der Waals surface area contributed by atoms with Crippen molar-refractivity contribution in [2.24, 2.45) is 9.98 Å². The van der Waals surface area contributed by atoms with Crippen LogP contribution in [0.5, 0.6) is 0 Å². The minimum Gasteiger partial charge on any atom is -0.317 e. The van der Waals surface area contributed by atoms with Crippen molar-refractivity contribution >= 4 is 23.5 Å². The lowest BCUT2D eigenvalue weighted by molar-refractivity contribution is 0.0975. The first-order valence-electron chi connectivity index (χ1n) is 7.23. The van der Waals surface area contributed by atoms with Gasteiger partial charge >= 0.3 is 0 Å². The summed E-state index contributed by atoms with van der Waals surface area (Å²) in [7, 11) is 1.67. The van der Waals surface area contributed by atoms with Gasteiger partial charge in [-0.15, -0.1) is 0 Å². The quantitative estimate of drug-likeness (QED) is 0.835. The van der Waals surface area contributed by atoms with Gasteiger partial charge in [-0.2, -0.15) is 9.78 Å². The second-order valence-electron chi connectivity index (χ2n) is 6.17. The van der Waals surface area contributed by atoms with Crippen LogP contribution >= 0.6 is 11.3 Å². The molecule has 0 spiro atoms. The summed E-state index contributed by atoms with van der Waals surface area (Å²) in [5, 5.41) is 8.58. The Morgan fingerprint density at radius 3 is 2.67 bits per heavy atom. The summed E-state index contributed by atoms with van der Waals surface area (Å²) in [4.78, 5) is 21.4. The largest absolute Gasteiger partial charge is 0.317 e. The van der Waals surface area contributed by atoms with Gasteiger partial charge in [0.2, 0.25) is 4.80 Å². The summed E-state index contributed by atoms with van der Waals surface area (Å²) in [6, 6.07) is 0.235. The zero-order valence-electron chi connectivity index (χ0n) is 13.1. The summed E-state index contributed by atoms with van der Waals surface area (Å²) < 4.78 is 1.36. The van der Waals surface area contributed by atoms with E-state index in [4.69, 9.17) is 0 Å². The average molecular weight is 309 g/mol. The molecule has 0 unspecified atom stereocenters. The SMILES string of the molecule is CN=c1sc(C(C)(C)C)nn1C(=O)C=NC1CCNCC1. The van der Waals surface area contributed by atoms with Crippen molar-refractivity contribution in [2.45, 2.75) is 45.1 Å². The van der Waals surface area contributed by atoms with Gasteiger partial charge < -0.3 is 5.32 Å². The number of carbonyl (C=O) groups excluding carboxylic acids is 1. The molecule has 0 saturated carbocycles. The van der Waals surface area contributed by atoms with E-state index in [1.165, 1.54) is 22.2 Å². The van der Waals surface area contributed by atoms with Crippen LogP contribution in [0.4, 0.5) is 0 Å². The molecule has 1 aromatic rings. The number of carbonyl (C=O) groups is 1. The summed E-state index contributed by atoms with van der Waals surface area (Å²) in [5.41, 5.74) is -0.0954. The Morgan fingerprint density at radius 1 is 1.43 bits per heavy atom. The molecule has 1 N–H and O–H groups in total. The Kier molecular flexibility index (Phi) is 5.05. The third-order valence-electron chi connectivity index (χ3n) is 3.31. The van der Waals surface area contributed by atoms with Gasteiger partial charge in [-0.05, 0) is 25.9 Å². The Labute approximate surface area is 129 Å². The molecule has 116 valence electrons. The van der Waals surface area contributed by atoms with Gasteiger partial charge in [-0.3, -0.25) is 14.8 Å². The fourth-order valence-electron chi connectivity index (χ4n) is 2.05. The highest BCUT2D eigenvalue weighted by atomic mass is 32.1. The highest BCUT2D eigenvalue weighted by molar-refractivity contribution is 7.09. The minimum atomic E-state index is -0.221. The van der Waals surface area contributed by atoms with E-state index in [1.54, 1.807) is 7.05 Å². The predicted molar refractivity (Wildman–Crippen MR) is 85.3 cm³/mol. The first kappa shape index (κ1) is 16.0. The molecule has 6 nitrogen and oxygen atoms in total. The normalized spacial score (nSPS) is 18.6. The van der Waals surface area contributed by atoms with Crippen molar-refractivity contribution < 1.29 is 4.79 Å². The molecular formula is C14H23N5OS. The third-order valence-corrected chi connectivity index (χ3v) is 4.73. The van der Waals surface area contributed by atoms with Crippen LogP contribution < -0.4 is 10.1 Å². The number of piperidine rings is 1. The smallest absolute Gasteiger partial charge is 0.291 e. The molecule has 1 aliphatic rings. The number of hydrogen-bond acceptors (Lipinski definition) is 6. The second-order valence-corrected chi connectivity index (χ2v) is 7.13. The minimum absolute atomic E-state index is 0.0954. The molecule has 0 radical (unpaired) electrons. The maximum absolute atomic E-state index is 12.3. The molecule has 7 heteroatoms. The van der Waals surface area contributed by atoms with Gasteiger partial charge in [0, 0.05) is 12.5 Å². The lowest BCUT2D eigenvalue weighted by Crippen LogP contribution is -2.31. The predicted octanol–water partition coefficient (Wildman–Crippen LogP) is 1.24. The average Bonchev–Trinajstić information content (AvgIpc) is 2.90. The molecule has 2 rings (SSSR count). The van der Waals surface area contributed by atoms with Gasteiger partial charge in [-0.25, -0.2) is 0 Å². The molecule has 0 aromatic carbocycles. The van der Waals surface area contributed by atoms with Crippen LogP contribution in [-0.2, 0) is 5.41 Å². The van der Waals surface area contributed by atoms with Crippen molar-refractivity contribution in [1.82, 2.24) is 15.1 Å². The number of nitrogens with zero attached hydrogens (tertiary/aromatic N) is 4. The van der Waals surface area contributed by atoms with Gasteiger partial charge in [0.15, 0.2) is 0 Å². The van der Waals surface area contributed by atoms with Crippen molar-refractivity contribution in [2.75, 3.05) is 20.1 Å². The third kappa shape index (κ3) is 4.07. The van der Waals surface area contributed by atoms with E-state index >= 15 is 0 Å². The lowest BCUT2D eigenvalue weighted by Gasteiger charge is -2.18. The Hall–Kier alpha value is -1.34. The second kappa shape index (κ2) is 6.62. The van der Waals surface area contributed by atoms with E-state index in [-0.39, 0.29) is 17.4 Å². The first-order chi connectivity index (χ1) is 9.91. The molecule has 0 atom stereocenters. The number of aromatic nitrogens is 2. The Morgan fingerprint density at radius 2 is 2.10 bits per heavy atom. The van der Waals surface area contributed by atoms with Gasteiger partial charge in [0.1, 0.15) is 5.01 Å². The van der Waals surface area contributed by atoms with Crippen LogP contribution in [0.25, 0.3) is 0 Å². The zero-order valence-corrected chi connectivity index (χ0v) is 13.9. The summed E-state index contributed by atoms with van der Waals surface area (Å²) in [6.07, 6.45) is 3.35. The fraction of sp³-hybridized carbons (Fsp3) is 0.714.